The third-order valence-corrected chi connectivity index (χ3v) is 4.78. The maximum Gasteiger partial charge on any atom is 0.269 e. The molecule has 8 nitrogen and oxygen atoms in total. The molecule has 33 heavy (non-hydrogen) atoms. The zero-order valence-corrected chi connectivity index (χ0v) is 18.2. The van der Waals surface area contributed by atoms with Crippen LogP contribution in [0, 0.1) is 21.4 Å². The molecular weight excluding hydrogens is 446 g/mol. The van der Waals surface area contributed by atoms with Crippen LogP contribution >= 0.6 is 11.6 Å². The monoisotopic (exact) mass is 463 g/mol. The van der Waals surface area contributed by atoms with Crippen LogP contribution in [0.25, 0.3) is 6.08 Å². The van der Waals surface area contributed by atoms with E-state index in [0.717, 1.165) is 0 Å². The van der Waals surface area contributed by atoms with Crippen LogP contribution in [0.3, 0.4) is 0 Å². The third kappa shape index (κ3) is 6.32. The van der Waals surface area contributed by atoms with Crippen LogP contribution in [0.15, 0.2) is 72.3 Å². The molecule has 166 valence electrons. The zero-order chi connectivity index (χ0) is 23.8. The Balaban J connectivity index is 1.82. The molecule has 1 amide bonds. The van der Waals surface area contributed by atoms with E-state index in [4.69, 9.17) is 21.1 Å². The average Bonchev–Trinajstić information content (AvgIpc) is 2.83. The number of rotatable bonds is 8. The van der Waals surface area contributed by atoms with Gasteiger partial charge < -0.3 is 14.8 Å². The summed E-state index contributed by atoms with van der Waals surface area (Å²) >= 11 is 5.85. The van der Waals surface area contributed by atoms with Crippen LogP contribution in [-0.2, 0) is 11.4 Å². The summed E-state index contributed by atoms with van der Waals surface area (Å²) in [6, 6.07) is 19.3. The van der Waals surface area contributed by atoms with Gasteiger partial charge in [0.25, 0.3) is 11.6 Å². The summed E-state index contributed by atoms with van der Waals surface area (Å²) in [5.74, 6) is 0.312. The van der Waals surface area contributed by atoms with Crippen molar-refractivity contribution in [2.24, 2.45) is 0 Å². The lowest BCUT2D eigenvalue weighted by atomic mass is 10.1. The van der Waals surface area contributed by atoms with E-state index < -0.39 is 10.8 Å². The van der Waals surface area contributed by atoms with Crippen molar-refractivity contribution >= 4 is 35.0 Å². The smallest absolute Gasteiger partial charge is 0.269 e. The molecule has 0 aliphatic carbocycles. The lowest BCUT2D eigenvalue weighted by Crippen LogP contribution is -2.13. The molecular formula is C24H18ClN3O5. The molecule has 0 unspecified atom stereocenters. The summed E-state index contributed by atoms with van der Waals surface area (Å²) in [5, 5.41) is 23.5. The first kappa shape index (κ1) is 23.3. The number of benzene rings is 3. The number of carbonyl (C=O) groups excluding carboxylic acids is 1. The van der Waals surface area contributed by atoms with Gasteiger partial charge in [0.05, 0.1) is 12.0 Å². The number of nitriles is 1. The van der Waals surface area contributed by atoms with Gasteiger partial charge in [-0.25, -0.2) is 0 Å². The fourth-order valence-electron chi connectivity index (χ4n) is 2.80. The Morgan fingerprint density at radius 2 is 1.85 bits per heavy atom. The van der Waals surface area contributed by atoms with Crippen molar-refractivity contribution in [3.05, 3.63) is 98.6 Å². The van der Waals surface area contributed by atoms with Crippen LogP contribution in [0.4, 0.5) is 11.4 Å². The molecule has 0 saturated carbocycles. The first-order valence-corrected chi connectivity index (χ1v) is 10.0. The van der Waals surface area contributed by atoms with E-state index in [2.05, 4.69) is 5.32 Å². The SMILES string of the molecule is COc1ccc(/C=C(\C#N)C(=O)Nc2ccc(Cl)cc2)c(OCc2ccc([N+](=O)[O-])cc2)c1. The second-order valence-corrected chi connectivity index (χ2v) is 7.18. The van der Waals surface area contributed by atoms with Crippen molar-refractivity contribution in [2.45, 2.75) is 6.61 Å². The van der Waals surface area contributed by atoms with E-state index in [9.17, 15) is 20.2 Å². The first-order valence-electron chi connectivity index (χ1n) is 9.62. The van der Waals surface area contributed by atoms with E-state index in [1.807, 2.05) is 6.07 Å². The number of nitro benzene ring substituents is 1. The van der Waals surface area contributed by atoms with Gasteiger partial charge in [0, 0.05) is 34.5 Å². The van der Waals surface area contributed by atoms with Gasteiger partial charge in [0.2, 0.25) is 0 Å². The maximum absolute atomic E-state index is 12.6. The number of hydrogen-bond donors (Lipinski definition) is 1. The quantitative estimate of drug-likeness (QED) is 0.207. The normalized spacial score (nSPS) is 10.8. The highest BCUT2D eigenvalue weighted by Gasteiger charge is 2.13. The molecule has 0 aliphatic heterocycles. The standard InChI is InChI=1S/C24H18ClN3O5/c1-32-22-11-4-17(12-18(14-26)24(29)27-20-7-5-19(25)6-8-20)23(13-22)33-15-16-2-9-21(10-3-16)28(30)31/h2-13H,15H2,1H3,(H,27,29)/b18-12+. The van der Waals surface area contributed by atoms with Gasteiger partial charge in [-0.15, -0.1) is 0 Å². The lowest BCUT2D eigenvalue weighted by Gasteiger charge is -2.12. The topological polar surface area (TPSA) is 114 Å². The molecule has 0 spiro atoms. The van der Waals surface area contributed by atoms with Crippen LogP contribution in [0.5, 0.6) is 11.5 Å². The molecule has 0 atom stereocenters. The van der Waals surface area contributed by atoms with Gasteiger partial charge in [-0.05, 0) is 60.2 Å². The van der Waals surface area contributed by atoms with Crippen molar-refractivity contribution in [1.82, 2.24) is 0 Å². The molecule has 0 heterocycles. The van der Waals surface area contributed by atoms with Crippen LogP contribution in [0.2, 0.25) is 5.02 Å². The number of nitrogens with one attached hydrogen (secondary N) is 1. The van der Waals surface area contributed by atoms with Crippen LogP contribution in [-0.4, -0.2) is 17.9 Å². The third-order valence-electron chi connectivity index (χ3n) is 4.53. The fraction of sp³-hybridized carbons (Fsp3) is 0.0833. The van der Waals surface area contributed by atoms with E-state index in [0.29, 0.717) is 33.3 Å². The lowest BCUT2D eigenvalue weighted by molar-refractivity contribution is -0.384. The van der Waals surface area contributed by atoms with Gasteiger partial charge in [-0.1, -0.05) is 11.6 Å². The minimum atomic E-state index is -0.586. The van der Waals surface area contributed by atoms with Crippen LogP contribution in [0.1, 0.15) is 11.1 Å². The molecule has 0 aliphatic rings. The van der Waals surface area contributed by atoms with Crippen LogP contribution < -0.4 is 14.8 Å². The minimum Gasteiger partial charge on any atom is -0.497 e. The molecule has 0 bridgehead atoms. The zero-order valence-electron chi connectivity index (χ0n) is 17.4. The summed E-state index contributed by atoms with van der Waals surface area (Å²) in [7, 11) is 1.51. The van der Waals surface area contributed by atoms with Crippen molar-refractivity contribution in [2.75, 3.05) is 12.4 Å². The predicted octanol–water partition coefficient (Wildman–Crippen LogP) is 5.38. The Morgan fingerprint density at radius 3 is 2.45 bits per heavy atom. The first-order chi connectivity index (χ1) is 15.9. The summed E-state index contributed by atoms with van der Waals surface area (Å²) in [6.07, 6.45) is 1.41. The number of ether oxygens (including phenoxy) is 2. The van der Waals surface area contributed by atoms with E-state index in [-0.39, 0.29) is 17.9 Å². The number of hydrogen-bond acceptors (Lipinski definition) is 6. The number of anilines is 1. The molecule has 1 N–H and O–H groups in total. The summed E-state index contributed by atoms with van der Waals surface area (Å²) < 4.78 is 11.1. The second-order valence-electron chi connectivity index (χ2n) is 6.75. The number of nitrogens with zero attached hydrogens (tertiary/aromatic N) is 2. The summed E-state index contributed by atoms with van der Waals surface area (Å²) in [6.45, 7) is 0.116. The largest absolute Gasteiger partial charge is 0.497 e. The highest BCUT2D eigenvalue weighted by atomic mass is 35.5. The van der Waals surface area contributed by atoms with Gasteiger partial charge in [-0.3, -0.25) is 14.9 Å². The number of amides is 1. The van der Waals surface area contributed by atoms with E-state index >= 15 is 0 Å². The molecule has 3 aromatic rings. The Hall–Kier alpha value is -4.35. The Labute approximate surface area is 194 Å². The highest BCUT2D eigenvalue weighted by Crippen LogP contribution is 2.28. The maximum atomic E-state index is 12.6. The van der Waals surface area contributed by atoms with Gasteiger partial charge >= 0.3 is 0 Å². The van der Waals surface area contributed by atoms with E-state index in [1.165, 1.54) is 25.3 Å². The molecule has 0 fully saturated rings. The molecule has 0 saturated heterocycles. The highest BCUT2D eigenvalue weighted by molar-refractivity contribution is 6.30. The van der Waals surface area contributed by atoms with Gasteiger partial charge in [0.15, 0.2) is 0 Å². The molecule has 3 aromatic carbocycles. The Kier molecular flexibility index (Phi) is 7.63. The van der Waals surface area contributed by atoms with Crippen molar-refractivity contribution in [1.29, 1.82) is 5.26 Å². The number of non-ortho nitro benzene ring substituents is 1. The molecule has 9 heteroatoms. The minimum absolute atomic E-state index is 0.0193. The van der Waals surface area contributed by atoms with Gasteiger partial charge in [0.1, 0.15) is 29.7 Å². The Bertz CT molecular complexity index is 1230. The number of halogens is 1. The van der Waals surface area contributed by atoms with Crippen molar-refractivity contribution < 1.29 is 19.2 Å². The summed E-state index contributed by atoms with van der Waals surface area (Å²) in [4.78, 5) is 22.9. The number of nitro groups is 1. The Morgan fingerprint density at radius 1 is 1.15 bits per heavy atom. The van der Waals surface area contributed by atoms with Crippen molar-refractivity contribution in [3.8, 4) is 17.6 Å². The van der Waals surface area contributed by atoms with Gasteiger partial charge in [-0.2, -0.15) is 5.26 Å². The predicted molar refractivity (Wildman–Crippen MR) is 124 cm³/mol. The summed E-state index contributed by atoms with van der Waals surface area (Å²) in [5.41, 5.74) is 1.54. The molecule has 0 radical (unpaired) electrons. The fourth-order valence-corrected chi connectivity index (χ4v) is 2.92. The average molecular weight is 464 g/mol. The molecule has 3 rings (SSSR count). The number of carbonyl (C=O) groups is 1. The van der Waals surface area contributed by atoms with E-state index in [1.54, 1.807) is 54.6 Å². The number of methoxy groups -OCH3 is 1. The van der Waals surface area contributed by atoms with Crippen molar-refractivity contribution in [3.63, 3.8) is 0 Å². The second kappa shape index (κ2) is 10.8. The molecule has 0 aromatic heterocycles.